The van der Waals surface area contributed by atoms with Crippen molar-refractivity contribution in [2.24, 2.45) is 0 Å². The average molecular weight is 167 g/mol. The van der Waals surface area contributed by atoms with Gasteiger partial charge in [-0.3, -0.25) is 0 Å². The fourth-order valence-electron chi connectivity index (χ4n) is 0.715. The van der Waals surface area contributed by atoms with E-state index in [2.05, 4.69) is 13.0 Å². The Labute approximate surface area is 82.7 Å². The van der Waals surface area contributed by atoms with E-state index in [0.29, 0.717) is 0 Å². The molecule has 0 atom stereocenters. The van der Waals surface area contributed by atoms with Crippen molar-refractivity contribution in [3.8, 4) is 0 Å². The molecule has 0 aromatic heterocycles. The lowest BCUT2D eigenvalue weighted by Gasteiger charge is -1.98. The third-order valence-corrected chi connectivity index (χ3v) is 1.95. The molecule has 0 amide bonds. The molecule has 0 nitrogen and oxygen atoms in total. The second kappa shape index (κ2) is 4.22. The fraction of sp³-hybridized carbons (Fsp3) is 0.250. The zero-order valence-corrected chi connectivity index (χ0v) is 6.37. The van der Waals surface area contributed by atoms with E-state index in [9.17, 15) is 0 Å². The van der Waals surface area contributed by atoms with Crippen LogP contribution < -0.4 is 0 Å². The maximum atomic E-state index is 5.81. The van der Waals surface area contributed by atoms with Crippen LogP contribution in [0, 0.1) is 13.8 Å². The van der Waals surface area contributed by atoms with E-state index in [-0.39, 0.29) is 23.1 Å². The van der Waals surface area contributed by atoms with Gasteiger partial charge in [-0.25, -0.2) is 0 Å². The van der Waals surface area contributed by atoms with Gasteiger partial charge in [-0.05, 0) is 31.0 Å². The van der Waals surface area contributed by atoms with Crippen molar-refractivity contribution in [3.63, 3.8) is 0 Å². The zero-order valence-electron chi connectivity index (χ0n) is 5.61. The zero-order chi connectivity index (χ0) is 6.85. The molecule has 0 spiro atoms. The SMILES string of the molecule is Cc1cccc(Cl)c1C.[MgH2]. The summed E-state index contributed by atoms with van der Waals surface area (Å²) >= 11 is 5.81. The Hall–Kier alpha value is 0.276. The van der Waals surface area contributed by atoms with E-state index in [0.717, 1.165) is 5.02 Å². The molecule has 0 N–H and O–H groups in total. The molecule has 0 fully saturated rings. The van der Waals surface area contributed by atoms with Gasteiger partial charge in [0.2, 0.25) is 0 Å². The molecule has 0 saturated heterocycles. The first-order valence-electron chi connectivity index (χ1n) is 2.93. The van der Waals surface area contributed by atoms with Crippen LogP contribution in [0.25, 0.3) is 0 Å². The number of hydrogen-bond acceptors (Lipinski definition) is 0. The Morgan fingerprint density at radius 1 is 1.20 bits per heavy atom. The standard InChI is InChI=1S/C8H9Cl.Mg.2H/c1-6-4-3-5-8(9)7(6)2;;;/h3-5H,1-2H3;;;. The first-order valence-corrected chi connectivity index (χ1v) is 3.31. The van der Waals surface area contributed by atoms with E-state index >= 15 is 0 Å². The maximum Gasteiger partial charge on any atom is 0.316 e. The quantitative estimate of drug-likeness (QED) is 0.518. The summed E-state index contributed by atoms with van der Waals surface area (Å²) in [4.78, 5) is 0. The minimum atomic E-state index is 0. The minimum Gasteiger partial charge on any atom is -0.0840 e. The highest BCUT2D eigenvalue weighted by molar-refractivity contribution is 6.31. The first-order chi connectivity index (χ1) is 4.22. The van der Waals surface area contributed by atoms with Crippen LogP contribution in [0.1, 0.15) is 11.1 Å². The molecular formula is C8H11ClMg. The summed E-state index contributed by atoms with van der Waals surface area (Å²) in [6.07, 6.45) is 0. The van der Waals surface area contributed by atoms with Crippen LogP contribution in [0.2, 0.25) is 5.02 Å². The largest absolute Gasteiger partial charge is 0.316 e. The van der Waals surface area contributed by atoms with Crippen LogP contribution in [0.3, 0.4) is 0 Å². The van der Waals surface area contributed by atoms with Crippen LogP contribution in [0.15, 0.2) is 18.2 Å². The third-order valence-electron chi connectivity index (χ3n) is 1.54. The summed E-state index contributed by atoms with van der Waals surface area (Å²) in [6, 6.07) is 5.93. The van der Waals surface area contributed by atoms with Gasteiger partial charge in [-0.15, -0.1) is 0 Å². The molecule has 0 unspecified atom stereocenters. The summed E-state index contributed by atoms with van der Waals surface area (Å²) in [7, 11) is 0. The van der Waals surface area contributed by atoms with E-state index in [4.69, 9.17) is 11.6 Å². The van der Waals surface area contributed by atoms with Crippen molar-refractivity contribution >= 4 is 34.7 Å². The molecule has 1 aromatic carbocycles. The molecule has 0 saturated carbocycles. The van der Waals surface area contributed by atoms with E-state index < -0.39 is 0 Å². The van der Waals surface area contributed by atoms with E-state index in [1.165, 1.54) is 11.1 Å². The highest BCUT2D eigenvalue weighted by Gasteiger charge is 1.93. The van der Waals surface area contributed by atoms with Gasteiger partial charge < -0.3 is 0 Å². The predicted molar refractivity (Wildman–Crippen MR) is 49.5 cm³/mol. The van der Waals surface area contributed by atoms with Crippen LogP contribution in [0.5, 0.6) is 0 Å². The highest BCUT2D eigenvalue weighted by Crippen LogP contribution is 2.16. The smallest absolute Gasteiger partial charge is 0.0840 e. The number of aryl methyl sites for hydroxylation is 1. The van der Waals surface area contributed by atoms with Crippen LogP contribution >= 0.6 is 11.6 Å². The molecule has 1 aromatic rings. The lowest BCUT2D eigenvalue weighted by molar-refractivity contribution is 1.34. The Kier molecular flexibility index (Phi) is 4.33. The van der Waals surface area contributed by atoms with Gasteiger partial charge in [-0.1, -0.05) is 23.7 Å². The molecule has 10 heavy (non-hydrogen) atoms. The summed E-state index contributed by atoms with van der Waals surface area (Å²) < 4.78 is 0. The monoisotopic (exact) mass is 166 g/mol. The molecule has 0 bridgehead atoms. The number of benzene rings is 1. The molecular weight excluding hydrogens is 156 g/mol. The molecule has 0 radical (unpaired) electrons. The van der Waals surface area contributed by atoms with Crippen molar-refractivity contribution in [2.75, 3.05) is 0 Å². The molecule has 0 heterocycles. The third kappa shape index (κ3) is 2.15. The minimum absolute atomic E-state index is 0. The molecule has 2 heteroatoms. The van der Waals surface area contributed by atoms with Crippen molar-refractivity contribution in [3.05, 3.63) is 34.3 Å². The van der Waals surface area contributed by atoms with Gasteiger partial charge in [0.25, 0.3) is 0 Å². The Bertz CT molecular complexity index is 200. The van der Waals surface area contributed by atoms with Crippen molar-refractivity contribution < 1.29 is 0 Å². The molecule has 0 aliphatic carbocycles. The summed E-state index contributed by atoms with van der Waals surface area (Å²) in [5, 5.41) is 0.856. The maximum absolute atomic E-state index is 5.81. The van der Waals surface area contributed by atoms with Crippen LogP contribution in [0.4, 0.5) is 0 Å². The summed E-state index contributed by atoms with van der Waals surface area (Å²) in [5.74, 6) is 0. The Balaban J connectivity index is 0.000000810. The highest BCUT2D eigenvalue weighted by atomic mass is 35.5. The number of hydrogen-bond donors (Lipinski definition) is 0. The van der Waals surface area contributed by atoms with Crippen LogP contribution in [-0.4, -0.2) is 23.1 Å². The average Bonchev–Trinajstić information content (AvgIpc) is 1.83. The summed E-state index contributed by atoms with van der Waals surface area (Å²) in [6.45, 7) is 4.08. The fourth-order valence-corrected chi connectivity index (χ4v) is 0.937. The normalized spacial score (nSPS) is 8.70. The first kappa shape index (κ1) is 10.3. The second-order valence-corrected chi connectivity index (χ2v) is 2.59. The van der Waals surface area contributed by atoms with Gasteiger partial charge >= 0.3 is 23.1 Å². The topological polar surface area (TPSA) is 0 Å². The molecule has 0 aliphatic heterocycles. The van der Waals surface area contributed by atoms with E-state index in [1.54, 1.807) is 0 Å². The molecule has 1 rings (SSSR count). The lowest BCUT2D eigenvalue weighted by atomic mass is 10.1. The van der Waals surface area contributed by atoms with Crippen molar-refractivity contribution in [2.45, 2.75) is 13.8 Å². The van der Waals surface area contributed by atoms with Crippen molar-refractivity contribution in [1.29, 1.82) is 0 Å². The second-order valence-electron chi connectivity index (χ2n) is 2.18. The van der Waals surface area contributed by atoms with Gasteiger partial charge in [0.15, 0.2) is 0 Å². The Morgan fingerprint density at radius 2 is 1.80 bits per heavy atom. The van der Waals surface area contributed by atoms with E-state index in [1.807, 2.05) is 19.1 Å². The van der Waals surface area contributed by atoms with Gasteiger partial charge in [0, 0.05) is 5.02 Å². The Morgan fingerprint density at radius 3 is 2.20 bits per heavy atom. The van der Waals surface area contributed by atoms with Crippen molar-refractivity contribution in [1.82, 2.24) is 0 Å². The molecule has 52 valence electrons. The van der Waals surface area contributed by atoms with Crippen LogP contribution in [-0.2, 0) is 0 Å². The lowest BCUT2D eigenvalue weighted by Crippen LogP contribution is -1.78. The van der Waals surface area contributed by atoms with Gasteiger partial charge in [0.05, 0.1) is 0 Å². The van der Waals surface area contributed by atoms with Gasteiger partial charge in [0.1, 0.15) is 0 Å². The van der Waals surface area contributed by atoms with Gasteiger partial charge in [-0.2, -0.15) is 0 Å². The number of halogens is 1. The number of rotatable bonds is 0. The predicted octanol–water partition coefficient (Wildman–Crippen LogP) is 2.04. The summed E-state index contributed by atoms with van der Waals surface area (Å²) in [5.41, 5.74) is 2.43. The molecule has 0 aliphatic rings.